The number of anilines is 1. The number of amides is 2. The molecular weight excluding hydrogens is 471 g/mol. The highest BCUT2D eigenvalue weighted by Crippen LogP contribution is 2.36. The maximum atomic E-state index is 12.9. The van der Waals surface area contributed by atoms with Gasteiger partial charge < -0.3 is 14.6 Å². The molecule has 2 aromatic heterocycles. The van der Waals surface area contributed by atoms with E-state index in [2.05, 4.69) is 20.5 Å². The van der Waals surface area contributed by atoms with Crippen LogP contribution in [-0.4, -0.2) is 51.2 Å². The summed E-state index contributed by atoms with van der Waals surface area (Å²) >= 11 is 6.55. The van der Waals surface area contributed by atoms with Gasteiger partial charge in [0.25, 0.3) is 5.22 Å². The van der Waals surface area contributed by atoms with Crippen LogP contribution in [0.15, 0.2) is 52.4 Å². The number of alkyl halides is 3. The molecule has 2 heterocycles. The molecule has 0 aliphatic rings. The molecule has 168 valence electrons. The lowest BCUT2D eigenvalue weighted by atomic mass is 10.2. The molecule has 0 aliphatic carbocycles. The number of nitrogens with zero attached hydrogens (tertiary/aromatic N) is 4. The van der Waals surface area contributed by atoms with Crippen LogP contribution in [0.5, 0.6) is 0 Å². The Morgan fingerprint density at radius 1 is 1.19 bits per heavy atom. The van der Waals surface area contributed by atoms with Gasteiger partial charge >= 0.3 is 6.18 Å². The van der Waals surface area contributed by atoms with E-state index >= 15 is 0 Å². The third-order valence-electron chi connectivity index (χ3n) is 4.01. The molecule has 1 N–H and O–H groups in total. The molecule has 0 fully saturated rings. The third-order valence-corrected chi connectivity index (χ3v) is 5.15. The van der Waals surface area contributed by atoms with Crippen molar-refractivity contribution in [2.45, 2.75) is 11.4 Å². The van der Waals surface area contributed by atoms with E-state index in [1.165, 1.54) is 13.1 Å². The van der Waals surface area contributed by atoms with Crippen LogP contribution in [0.1, 0.15) is 5.56 Å². The quantitative estimate of drug-likeness (QED) is 0.505. The van der Waals surface area contributed by atoms with Crippen LogP contribution in [0, 0.1) is 0 Å². The van der Waals surface area contributed by atoms with Crippen molar-refractivity contribution in [1.82, 2.24) is 20.1 Å². The van der Waals surface area contributed by atoms with E-state index in [9.17, 15) is 22.8 Å². The van der Waals surface area contributed by atoms with Crippen molar-refractivity contribution < 1.29 is 27.2 Å². The summed E-state index contributed by atoms with van der Waals surface area (Å²) in [4.78, 5) is 29.4. The number of benzene rings is 1. The zero-order chi connectivity index (χ0) is 23.3. The molecule has 2 amide bonds. The van der Waals surface area contributed by atoms with Gasteiger partial charge in [-0.1, -0.05) is 23.4 Å². The summed E-state index contributed by atoms with van der Waals surface area (Å²) in [5.41, 5.74) is -0.477. The molecule has 13 heteroatoms. The van der Waals surface area contributed by atoms with Crippen molar-refractivity contribution in [2.24, 2.45) is 0 Å². The lowest BCUT2D eigenvalue weighted by Gasteiger charge is -2.17. The second-order valence-electron chi connectivity index (χ2n) is 6.39. The first-order valence-electron chi connectivity index (χ1n) is 8.91. The zero-order valence-electron chi connectivity index (χ0n) is 16.4. The molecule has 0 radical (unpaired) electrons. The smallest absolute Gasteiger partial charge is 0.411 e. The molecule has 0 saturated heterocycles. The Kier molecular flexibility index (Phi) is 7.36. The normalized spacial score (nSPS) is 11.3. The monoisotopic (exact) mass is 485 g/mol. The van der Waals surface area contributed by atoms with Gasteiger partial charge in [-0.2, -0.15) is 13.2 Å². The van der Waals surface area contributed by atoms with Crippen molar-refractivity contribution in [2.75, 3.05) is 24.7 Å². The van der Waals surface area contributed by atoms with Crippen LogP contribution in [0.4, 0.5) is 18.9 Å². The number of aromatic nitrogens is 3. The van der Waals surface area contributed by atoms with E-state index in [0.717, 1.165) is 28.8 Å². The third kappa shape index (κ3) is 6.20. The van der Waals surface area contributed by atoms with Crippen LogP contribution in [0.25, 0.3) is 11.5 Å². The molecule has 8 nitrogen and oxygen atoms in total. The zero-order valence-corrected chi connectivity index (χ0v) is 18.0. The lowest BCUT2D eigenvalue weighted by Crippen LogP contribution is -2.36. The first-order valence-corrected chi connectivity index (χ1v) is 10.3. The van der Waals surface area contributed by atoms with Crippen LogP contribution < -0.4 is 5.32 Å². The second kappa shape index (κ2) is 10.0. The fourth-order valence-electron chi connectivity index (χ4n) is 2.44. The maximum absolute atomic E-state index is 12.9. The van der Waals surface area contributed by atoms with Crippen molar-refractivity contribution in [3.05, 3.63) is 53.3 Å². The SMILES string of the molecule is CN(CC(=O)Nc1ccc(Cl)c(C(F)(F)F)c1)C(=O)CSc1nnc(-c2ccncc2)o1. The summed E-state index contributed by atoms with van der Waals surface area (Å²) in [6, 6.07) is 6.39. The number of nitrogens with one attached hydrogen (secondary N) is 1. The number of thioether (sulfide) groups is 1. The summed E-state index contributed by atoms with van der Waals surface area (Å²) in [5, 5.41) is 9.75. The van der Waals surface area contributed by atoms with Gasteiger partial charge in [0, 0.05) is 30.7 Å². The highest BCUT2D eigenvalue weighted by Gasteiger charge is 2.33. The summed E-state index contributed by atoms with van der Waals surface area (Å²) < 4.78 is 44.3. The van der Waals surface area contributed by atoms with E-state index in [1.807, 2.05) is 0 Å². The van der Waals surface area contributed by atoms with Gasteiger partial charge in [0.05, 0.1) is 22.9 Å². The Morgan fingerprint density at radius 2 is 1.91 bits per heavy atom. The first-order chi connectivity index (χ1) is 15.1. The number of rotatable bonds is 7. The van der Waals surface area contributed by atoms with E-state index in [0.29, 0.717) is 5.56 Å². The number of pyridine rings is 1. The molecule has 0 atom stereocenters. The lowest BCUT2D eigenvalue weighted by molar-refractivity contribution is -0.137. The Morgan fingerprint density at radius 3 is 2.59 bits per heavy atom. The van der Waals surface area contributed by atoms with Gasteiger partial charge in [-0.25, -0.2) is 0 Å². The Hall–Kier alpha value is -3.12. The van der Waals surface area contributed by atoms with Gasteiger partial charge in [0.1, 0.15) is 0 Å². The molecule has 3 rings (SSSR count). The molecular formula is C19H15ClF3N5O3S. The Balaban J connectivity index is 1.51. The van der Waals surface area contributed by atoms with Gasteiger partial charge in [0.2, 0.25) is 17.7 Å². The Bertz CT molecular complexity index is 1110. The van der Waals surface area contributed by atoms with Crippen molar-refractivity contribution >= 4 is 40.9 Å². The first kappa shape index (κ1) is 23.5. The average molecular weight is 486 g/mol. The number of hydrogen-bond acceptors (Lipinski definition) is 7. The average Bonchev–Trinajstić information content (AvgIpc) is 3.22. The van der Waals surface area contributed by atoms with Gasteiger partial charge in [-0.05, 0) is 30.3 Å². The molecule has 3 aromatic rings. The minimum Gasteiger partial charge on any atom is -0.411 e. The predicted molar refractivity (Wildman–Crippen MR) is 111 cm³/mol. The van der Waals surface area contributed by atoms with Crippen LogP contribution in [0.2, 0.25) is 5.02 Å². The van der Waals surface area contributed by atoms with E-state index in [4.69, 9.17) is 16.0 Å². The summed E-state index contributed by atoms with van der Waals surface area (Å²) in [5.74, 6) is -0.891. The van der Waals surface area contributed by atoms with Crippen molar-refractivity contribution in [1.29, 1.82) is 0 Å². The minimum atomic E-state index is -4.66. The summed E-state index contributed by atoms with van der Waals surface area (Å²) in [7, 11) is 1.39. The van der Waals surface area contributed by atoms with E-state index < -0.39 is 28.6 Å². The molecule has 1 aromatic carbocycles. The summed E-state index contributed by atoms with van der Waals surface area (Å²) in [6.07, 6.45) is -1.51. The summed E-state index contributed by atoms with van der Waals surface area (Å²) in [6.45, 7) is -0.366. The molecule has 0 spiro atoms. The number of carbonyl (C=O) groups is 2. The molecule has 32 heavy (non-hydrogen) atoms. The number of halogens is 4. The fourth-order valence-corrected chi connectivity index (χ4v) is 3.37. The van der Waals surface area contributed by atoms with Gasteiger partial charge in [-0.3, -0.25) is 14.6 Å². The molecule has 0 bridgehead atoms. The van der Waals surface area contributed by atoms with Crippen LogP contribution in [0.3, 0.4) is 0 Å². The standard InChI is InChI=1S/C19H15ClF3N5O3S/c1-28(9-15(29)25-12-2-3-14(20)13(8-12)19(21,22)23)16(30)10-32-18-27-26-17(31-18)11-4-6-24-7-5-11/h2-8H,9-10H2,1H3,(H,25,29). The molecule has 0 aliphatic heterocycles. The number of hydrogen-bond donors (Lipinski definition) is 1. The molecule has 0 unspecified atom stereocenters. The van der Waals surface area contributed by atoms with E-state index in [-0.39, 0.29) is 29.1 Å². The van der Waals surface area contributed by atoms with Crippen molar-refractivity contribution in [3.8, 4) is 11.5 Å². The predicted octanol–water partition coefficient (Wildman–Crippen LogP) is 3.99. The number of carbonyl (C=O) groups excluding carboxylic acids is 2. The molecule has 0 saturated carbocycles. The van der Waals surface area contributed by atoms with Crippen molar-refractivity contribution in [3.63, 3.8) is 0 Å². The van der Waals surface area contributed by atoms with E-state index in [1.54, 1.807) is 24.5 Å². The largest absolute Gasteiger partial charge is 0.417 e. The highest BCUT2D eigenvalue weighted by molar-refractivity contribution is 7.99. The Labute approximate surface area is 189 Å². The van der Waals surface area contributed by atoms with Gasteiger partial charge in [0.15, 0.2) is 0 Å². The fraction of sp³-hybridized carbons (Fsp3) is 0.211. The van der Waals surface area contributed by atoms with Gasteiger partial charge in [-0.15, -0.1) is 10.2 Å². The number of likely N-dealkylation sites (N-methyl/N-ethyl adjacent to an activating group) is 1. The minimum absolute atomic E-state index is 0.0824. The topological polar surface area (TPSA) is 101 Å². The maximum Gasteiger partial charge on any atom is 0.417 e. The van der Waals surface area contributed by atoms with Crippen LogP contribution >= 0.6 is 23.4 Å². The highest BCUT2D eigenvalue weighted by atomic mass is 35.5. The second-order valence-corrected chi connectivity index (χ2v) is 7.72. The van der Waals surface area contributed by atoms with Crippen LogP contribution in [-0.2, 0) is 15.8 Å².